The van der Waals surface area contributed by atoms with Crippen LogP contribution in [0.25, 0.3) is 0 Å². The Kier molecular flexibility index (Phi) is 5.96. The first-order valence-electron chi connectivity index (χ1n) is 7.24. The lowest BCUT2D eigenvalue weighted by Gasteiger charge is -2.13. The minimum atomic E-state index is -1.34. The molecule has 7 heteroatoms. The molecule has 1 heterocycles. The van der Waals surface area contributed by atoms with Crippen LogP contribution in [0.2, 0.25) is 5.02 Å². The zero-order valence-corrected chi connectivity index (χ0v) is 15.5. The van der Waals surface area contributed by atoms with Crippen LogP contribution in [-0.4, -0.2) is 27.3 Å². The van der Waals surface area contributed by atoms with Crippen LogP contribution in [0.15, 0.2) is 40.8 Å². The van der Waals surface area contributed by atoms with Crippen LogP contribution in [0.1, 0.15) is 26.3 Å². The Morgan fingerprint density at radius 2 is 1.83 bits per heavy atom. The molecule has 24 heavy (non-hydrogen) atoms. The molecule has 0 aliphatic rings. The maximum atomic E-state index is 12.0. The van der Waals surface area contributed by atoms with E-state index >= 15 is 0 Å². The first-order valence-corrected chi connectivity index (χ1v) is 8.72. The van der Waals surface area contributed by atoms with Gasteiger partial charge in [0.05, 0.1) is 23.6 Å². The summed E-state index contributed by atoms with van der Waals surface area (Å²) in [6.45, 7) is 5.58. The summed E-state index contributed by atoms with van der Waals surface area (Å²) in [5.74, 6) is 1.34. The molecule has 0 bridgehead atoms. The third-order valence-corrected chi connectivity index (χ3v) is 4.50. The molecule has 128 valence electrons. The second-order valence-corrected chi connectivity index (χ2v) is 8.27. The lowest BCUT2D eigenvalue weighted by molar-refractivity contribution is 0.383. The van der Waals surface area contributed by atoms with Crippen LogP contribution in [0.5, 0.6) is 17.5 Å². The Morgan fingerprint density at radius 1 is 1.17 bits per heavy atom. The molecule has 1 aromatic carbocycles. The van der Waals surface area contributed by atoms with E-state index in [4.69, 9.17) is 21.1 Å². The topological polar surface area (TPSA) is 60.8 Å². The number of pyridine rings is 1. The van der Waals surface area contributed by atoms with Crippen LogP contribution >= 0.6 is 11.6 Å². The van der Waals surface area contributed by atoms with Gasteiger partial charge in [0.15, 0.2) is 0 Å². The first-order chi connectivity index (χ1) is 11.3. The van der Waals surface area contributed by atoms with Crippen molar-refractivity contribution in [2.45, 2.75) is 25.5 Å². The van der Waals surface area contributed by atoms with Crippen molar-refractivity contribution in [2.24, 2.45) is 4.40 Å². The van der Waals surface area contributed by atoms with Gasteiger partial charge in [-0.2, -0.15) is 9.38 Å². The summed E-state index contributed by atoms with van der Waals surface area (Å²) in [5, 5.41) is 0.631. The Morgan fingerprint density at radius 3 is 2.42 bits per heavy atom. The number of hydrogen-bond acceptors (Lipinski definition) is 4. The van der Waals surface area contributed by atoms with Gasteiger partial charge in [0.1, 0.15) is 16.7 Å². The predicted octanol–water partition coefficient (Wildman–Crippen LogP) is 4.42. The van der Waals surface area contributed by atoms with Gasteiger partial charge in [0.25, 0.3) is 0 Å². The normalized spacial score (nSPS) is 13.0. The molecule has 0 saturated carbocycles. The quantitative estimate of drug-likeness (QED) is 0.735. The highest BCUT2D eigenvalue weighted by atomic mass is 35.5. The summed E-state index contributed by atoms with van der Waals surface area (Å²) in [6, 6.07) is 10.4. The van der Waals surface area contributed by atoms with Crippen molar-refractivity contribution in [2.75, 3.05) is 7.11 Å². The monoisotopic (exact) mass is 366 g/mol. The summed E-state index contributed by atoms with van der Waals surface area (Å²) >= 11 is 5.84. The maximum absolute atomic E-state index is 12.0. The fourth-order valence-corrected chi connectivity index (χ4v) is 2.29. The Balaban J connectivity index is 2.19. The molecule has 2 aromatic rings. The van der Waals surface area contributed by atoms with Crippen molar-refractivity contribution in [1.29, 1.82) is 0 Å². The van der Waals surface area contributed by atoms with Crippen LogP contribution in [-0.2, 0) is 11.0 Å². The van der Waals surface area contributed by atoms with E-state index in [-0.39, 0.29) is 0 Å². The number of nitrogens with zero attached hydrogens (tertiary/aromatic N) is 2. The minimum absolute atomic E-state index is 0.344. The van der Waals surface area contributed by atoms with E-state index in [0.717, 1.165) is 0 Å². The zero-order chi connectivity index (χ0) is 17.7. The highest BCUT2D eigenvalue weighted by molar-refractivity contribution is 7.85. The van der Waals surface area contributed by atoms with Gasteiger partial charge in [-0.3, -0.25) is 0 Å². The lowest BCUT2D eigenvalue weighted by atomic mass is 10.3. The minimum Gasteiger partial charge on any atom is -0.480 e. The standard InChI is InChI=1S/C17H19ClN2O3S/c1-17(2,3)24(21)19-11-12-5-10-15(20-16(12)22-4)23-14-8-6-13(18)7-9-14/h5-11H,1-4H3. The average Bonchev–Trinajstić information content (AvgIpc) is 2.54. The second-order valence-electron chi connectivity index (χ2n) is 5.90. The molecule has 1 aromatic heterocycles. The molecule has 2 rings (SSSR count). The number of benzene rings is 1. The van der Waals surface area contributed by atoms with Crippen LogP contribution in [0, 0.1) is 0 Å². The number of aromatic nitrogens is 1. The molecule has 0 aliphatic carbocycles. The number of halogens is 1. The number of hydrogen-bond donors (Lipinski definition) is 0. The average molecular weight is 367 g/mol. The molecule has 0 fully saturated rings. The highest BCUT2D eigenvalue weighted by Crippen LogP contribution is 2.25. The van der Waals surface area contributed by atoms with Gasteiger partial charge in [-0.25, -0.2) is 4.21 Å². The third-order valence-electron chi connectivity index (χ3n) is 2.90. The Bertz CT molecular complexity index is 755. The highest BCUT2D eigenvalue weighted by Gasteiger charge is 2.18. The zero-order valence-electron chi connectivity index (χ0n) is 13.9. The van der Waals surface area contributed by atoms with Crippen molar-refractivity contribution in [3.8, 4) is 17.5 Å². The van der Waals surface area contributed by atoms with Crippen molar-refractivity contribution in [3.05, 3.63) is 47.0 Å². The van der Waals surface area contributed by atoms with Crippen LogP contribution in [0.3, 0.4) is 0 Å². The van der Waals surface area contributed by atoms with E-state index in [9.17, 15) is 4.21 Å². The van der Waals surface area contributed by atoms with Crippen molar-refractivity contribution >= 4 is 28.8 Å². The smallest absolute Gasteiger partial charge is 0.225 e. The number of ether oxygens (including phenoxy) is 2. The van der Waals surface area contributed by atoms with Crippen molar-refractivity contribution < 1.29 is 13.7 Å². The summed E-state index contributed by atoms with van der Waals surface area (Å²) in [7, 11) is 0.162. The SMILES string of the molecule is COc1nc(Oc2ccc(Cl)cc2)ccc1C=NS(=O)C(C)(C)C. The van der Waals surface area contributed by atoms with E-state index < -0.39 is 15.7 Å². The molecule has 0 N–H and O–H groups in total. The Labute approximate surface area is 149 Å². The number of rotatable bonds is 5. The molecule has 5 nitrogen and oxygen atoms in total. The summed E-state index contributed by atoms with van der Waals surface area (Å²) < 4.78 is 26.6. The van der Waals surface area contributed by atoms with E-state index in [1.165, 1.54) is 13.3 Å². The summed E-state index contributed by atoms with van der Waals surface area (Å²) in [6.07, 6.45) is 1.50. The third kappa shape index (κ3) is 5.04. The van der Waals surface area contributed by atoms with Crippen LogP contribution < -0.4 is 9.47 Å². The molecule has 0 spiro atoms. The first kappa shape index (κ1) is 18.4. The fraction of sp³-hybridized carbons (Fsp3) is 0.294. The van der Waals surface area contributed by atoms with Gasteiger partial charge in [-0.05, 0) is 51.1 Å². The second kappa shape index (κ2) is 7.77. The van der Waals surface area contributed by atoms with E-state index in [1.807, 2.05) is 20.8 Å². The van der Waals surface area contributed by atoms with E-state index in [1.54, 1.807) is 36.4 Å². The fourth-order valence-electron chi connectivity index (χ4n) is 1.64. The molecular formula is C17H19ClN2O3S. The Hall–Kier alpha value is -1.92. The molecule has 0 saturated heterocycles. The van der Waals surface area contributed by atoms with Gasteiger partial charge in [-0.15, -0.1) is 0 Å². The number of methoxy groups -OCH3 is 1. The van der Waals surface area contributed by atoms with Gasteiger partial charge in [0, 0.05) is 11.1 Å². The summed E-state index contributed by atoms with van der Waals surface area (Å²) in [4.78, 5) is 4.28. The van der Waals surface area contributed by atoms with E-state index in [0.29, 0.717) is 28.1 Å². The maximum Gasteiger partial charge on any atom is 0.225 e. The predicted molar refractivity (Wildman–Crippen MR) is 97.8 cm³/mol. The molecular weight excluding hydrogens is 348 g/mol. The lowest BCUT2D eigenvalue weighted by Crippen LogP contribution is -2.19. The van der Waals surface area contributed by atoms with E-state index in [2.05, 4.69) is 9.38 Å². The van der Waals surface area contributed by atoms with Crippen molar-refractivity contribution in [1.82, 2.24) is 4.98 Å². The molecule has 0 aliphatic heterocycles. The molecule has 1 atom stereocenters. The van der Waals surface area contributed by atoms with Crippen molar-refractivity contribution in [3.63, 3.8) is 0 Å². The van der Waals surface area contributed by atoms with Gasteiger partial charge in [0.2, 0.25) is 11.8 Å². The molecule has 0 amide bonds. The largest absolute Gasteiger partial charge is 0.480 e. The molecule has 1 unspecified atom stereocenters. The van der Waals surface area contributed by atoms with Gasteiger partial charge < -0.3 is 9.47 Å². The van der Waals surface area contributed by atoms with Gasteiger partial charge >= 0.3 is 0 Å². The summed E-state index contributed by atoms with van der Waals surface area (Å²) in [5.41, 5.74) is 0.624. The molecule has 0 radical (unpaired) electrons. The van der Waals surface area contributed by atoms with Crippen LogP contribution in [0.4, 0.5) is 0 Å². The van der Waals surface area contributed by atoms with Gasteiger partial charge in [-0.1, -0.05) is 11.6 Å².